The molecule has 1 fully saturated rings. The minimum Gasteiger partial charge on any atom is -0.497 e. The number of ether oxygens (including phenoxy) is 1. The Morgan fingerprint density at radius 3 is 2.48 bits per heavy atom. The number of rotatable bonds is 7. The first-order valence-corrected chi connectivity index (χ1v) is 9.61. The Hall–Kier alpha value is -3.32. The van der Waals surface area contributed by atoms with Gasteiger partial charge < -0.3 is 20.7 Å². The second-order valence-corrected chi connectivity index (χ2v) is 7.08. The molecule has 1 aliphatic carbocycles. The van der Waals surface area contributed by atoms with Gasteiger partial charge in [0.15, 0.2) is 5.82 Å². The Kier molecular flexibility index (Phi) is 5.48. The molecule has 2 aromatic carbocycles. The van der Waals surface area contributed by atoms with Gasteiger partial charge in [-0.15, -0.1) is 0 Å². The fraction of sp³-hybridized carbons (Fsp3) is 0.190. The van der Waals surface area contributed by atoms with E-state index >= 15 is 0 Å². The summed E-state index contributed by atoms with van der Waals surface area (Å²) in [5, 5.41) is 9.66. The number of hydrogen-bond acceptors (Lipinski definition) is 6. The highest BCUT2D eigenvalue weighted by Crippen LogP contribution is 2.33. The Bertz CT molecular complexity index is 1020. The van der Waals surface area contributed by atoms with Crippen molar-refractivity contribution in [2.75, 3.05) is 23.1 Å². The van der Waals surface area contributed by atoms with Gasteiger partial charge in [-0.2, -0.15) is 4.98 Å². The first-order valence-electron chi connectivity index (χ1n) is 9.23. The van der Waals surface area contributed by atoms with Crippen molar-refractivity contribution >= 4 is 46.3 Å². The van der Waals surface area contributed by atoms with Crippen LogP contribution < -0.4 is 20.7 Å². The number of amides is 1. The van der Waals surface area contributed by atoms with Crippen LogP contribution >= 0.6 is 11.6 Å². The number of hydrogen-bond donors (Lipinski definition) is 3. The predicted octanol–water partition coefficient (Wildman–Crippen LogP) is 4.97. The lowest BCUT2D eigenvalue weighted by Gasteiger charge is -2.14. The van der Waals surface area contributed by atoms with Gasteiger partial charge in [-0.3, -0.25) is 4.79 Å². The molecule has 0 radical (unpaired) electrons. The highest BCUT2D eigenvalue weighted by Gasteiger charge is 2.29. The van der Waals surface area contributed by atoms with E-state index in [9.17, 15) is 4.79 Å². The Morgan fingerprint density at radius 1 is 1.07 bits per heavy atom. The van der Waals surface area contributed by atoms with Gasteiger partial charge in [0.05, 0.1) is 24.7 Å². The largest absolute Gasteiger partial charge is 0.497 e. The van der Waals surface area contributed by atoms with Crippen LogP contribution in [-0.2, 0) is 4.79 Å². The lowest BCUT2D eigenvalue weighted by molar-refractivity contribution is -0.117. The maximum absolute atomic E-state index is 12.1. The van der Waals surface area contributed by atoms with E-state index in [1.807, 2.05) is 48.5 Å². The van der Waals surface area contributed by atoms with Crippen molar-refractivity contribution in [1.29, 1.82) is 0 Å². The third kappa shape index (κ3) is 4.75. The minimum absolute atomic E-state index is 0.0369. The molecule has 0 unspecified atom stereocenters. The fourth-order valence-electron chi connectivity index (χ4n) is 2.73. The van der Waals surface area contributed by atoms with Gasteiger partial charge in [0.1, 0.15) is 10.8 Å². The van der Waals surface area contributed by atoms with Gasteiger partial charge in [0, 0.05) is 11.6 Å². The second-order valence-electron chi connectivity index (χ2n) is 6.68. The van der Waals surface area contributed by atoms with Gasteiger partial charge in [0.25, 0.3) is 0 Å². The average Bonchev–Trinajstić information content (AvgIpc) is 3.58. The summed E-state index contributed by atoms with van der Waals surface area (Å²) < 4.78 is 5.16. The van der Waals surface area contributed by atoms with Crippen molar-refractivity contribution in [2.24, 2.45) is 5.92 Å². The van der Waals surface area contributed by atoms with Crippen LogP contribution in [-0.4, -0.2) is 23.0 Å². The van der Waals surface area contributed by atoms with Crippen molar-refractivity contribution in [1.82, 2.24) is 9.97 Å². The van der Waals surface area contributed by atoms with Crippen LogP contribution in [0.25, 0.3) is 0 Å². The first-order chi connectivity index (χ1) is 14.1. The molecule has 4 rings (SSSR count). The molecule has 3 aromatic rings. The van der Waals surface area contributed by atoms with Crippen molar-refractivity contribution in [3.8, 4) is 5.75 Å². The Labute approximate surface area is 173 Å². The molecule has 0 atom stereocenters. The van der Waals surface area contributed by atoms with E-state index in [0.29, 0.717) is 28.2 Å². The van der Waals surface area contributed by atoms with Crippen LogP contribution in [0.15, 0.2) is 54.7 Å². The highest BCUT2D eigenvalue weighted by atomic mass is 35.5. The number of para-hydroxylation sites is 2. The summed E-state index contributed by atoms with van der Waals surface area (Å²) in [6.45, 7) is 0. The first kappa shape index (κ1) is 19.0. The van der Waals surface area contributed by atoms with Crippen molar-refractivity contribution in [3.63, 3.8) is 0 Å². The zero-order valence-corrected chi connectivity index (χ0v) is 16.5. The van der Waals surface area contributed by atoms with Gasteiger partial charge in [-0.1, -0.05) is 23.7 Å². The smallest absolute Gasteiger partial charge is 0.229 e. The predicted molar refractivity (Wildman–Crippen MR) is 114 cm³/mol. The molecule has 1 amide bonds. The number of halogens is 1. The average molecular weight is 410 g/mol. The molecular weight excluding hydrogens is 390 g/mol. The van der Waals surface area contributed by atoms with Crippen molar-refractivity contribution in [3.05, 3.63) is 59.8 Å². The second kappa shape index (κ2) is 8.36. The number of anilines is 5. The van der Waals surface area contributed by atoms with Crippen molar-refractivity contribution in [2.45, 2.75) is 12.8 Å². The van der Waals surface area contributed by atoms with Crippen molar-refractivity contribution < 1.29 is 9.53 Å². The number of carbonyl (C=O) groups excluding carboxylic acids is 1. The van der Waals surface area contributed by atoms with Crippen LogP contribution in [0.4, 0.5) is 28.8 Å². The highest BCUT2D eigenvalue weighted by molar-refractivity contribution is 6.33. The number of nitrogens with one attached hydrogen (secondary N) is 3. The number of benzene rings is 2. The summed E-state index contributed by atoms with van der Waals surface area (Å²) in [7, 11) is 1.62. The van der Waals surface area contributed by atoms with E-state index in [0.717, 1.165) is 24.3 Å². The lowest BCUT2D eigenvalue weighted by Crippen LogP contribution is -2.14. The molecule has 1 saturated carbocycles. The standard InChI is InChI=1S/C21H20ClN5O2/c1-29-15-10-8-14(9-11-15)24-21-23-12-16(22)19(27-21)25-17-4-2-3-5-18(17)26-20(28)13-6-7-13/h2-5,8-13H,6-7H2,1H3,(H,26,28)(H2,23,24,25,27). The van der Waals surface area contributed by atoms with E-state index in [4.69, 9.17) is 16.3 Å². The Morgan fingerprint density at radius 2 is 1.79 bits per heavy atom. The number of methoxy groups -OCH3 is 1. The van der Waals surface area contributed by atoms with Crippen LogP contribution in [0.5, 0.6) is 5.75 Å². The third-order valence-electron chi connectivity index (χ3n) is 4.48. The molecule has 1 aliphatic rings. The molecule has 29 heavy (non-hydrogen) atoms. The minimum atomic E-state index is 0.0369. The van der Waals surface area contributed by atoms with E-state index in [-0.39, 0.29) is 11.8 Å². The molecule has 7 nitrogen and oxygen atoms in total. The number of carbonyl (C=O) groups is 1. The maximum atomic E-state index is 12.1. The summed E-state index contributed by atoms with van der Waals surface area (Å²) in [5.74, 6) is 1.74. The van der Waals surface area contributed by atoms with Gasteiger partial charge in [-0.25, -0.2) is 4.98 Å². The summed E-state index contributed by atoms with van der Waals surface area (Å²) >= 11 is 6.29. The maximum Gasteiger partial charge on any atom is 0.229 e. The quantitative estimate of drug-likeness (QED) is 0.510. The molecule has 1 aromatic heterocycles. The van der Waals surface area contributed by atoms with Gasteiger partial charge >= 0.3 is 0 Å². The summed E-state index contributed by atoms with van der Waals surface area (Å²) in [6.07, 6.45) is 3.41. The molecule has 3 N–H and O–H groups in total. The molecule has 1 heterocycles. The van der Waals surface area contributed by atoms with E-state index in [2.05, 4.69) is 25.9 Å². The van der Waals surface area contributed by atoms with E-state index < -0.39 is 0 Å². The monoisotopic (exact) mass is 409 g/mol. The molecule has 0 bridgehead atoms. The normalized spacial score (nSPS) is 12.9. The Balaban J connectivity index is 1.53. The SMILES string of the molecule is COc1ccc(Nc2ncc(Cl)c(Nc3ccccc3NC(=O)C3CC3)n2)cc1. The van der Waals surface area contributed by atoms with E-state index in [1.165, 1.54) is 6.20 Å². The molecule has 0 aliphatic heterocycles. The summed E-state index contributed by atoms with van der Waals surface area (Å²) in [4.78, 5) is 20.8. The van der Waals surface area contributed by atoms with Gasteiger partial charge in [0.2, 0.25) is 11.9 Å². The van der Waals surface area contributed by atoms with Crippen LogP contribution in [0.3, 0.4) is 0 Å². The third-order valence-corrected chi connectivity index (χ3v) is 4.75. The molecule has 0 spiro atoms. The molecule has 148 valence electrons. The fourth-order valence-corrected chi connectivity index (χ4v) is 2.87. The molecular formula is C21H20ClN5O2. The number of aromatic nitrogens is 2. The summed E-state index contributed by atoms with van der Waals surface area (Å²) in [6, 6.07) is 14.9. The number of nitrogens with zero attached hydrogens (tertiary/aromatic N) is 2. The topological polar surface area (TPSA) is 88.2 Å². The van der Waals surface area contributed by atoms with Crippen LogP contribution in [0.2, 0.25) is 5.02 Å². The zero-order valence-electron chi connectivity index (χ0n) is 15.8. The van der Waals surface area contributed by atoms with Gasteiger partial charge in [-0.05, 0) is 49.2 Å². The van der Waals surface area contributed by atoms with E-state index in [1.54, 1.807) is 7.11 Å². The van der Waals surface area contributed by atoms with Crippen LogP contribution in [0.1, 0.15) is 12.8 Å². The summed E-state index contributed by atoms with van der Waals surface area (Å²) in [5.41, 5.74) is 2.21. The lowest BCUT2D eigenvalue weighted by atomic mass is 10.2. The molecule has 8 heteroatoms. The van der Waals surface area contributed by atoms with Crippen LogP contribution in [0, 0.1) is 5.92 Å². The molecule has 0 saturated heterocycles. The zero-order chi connectivity index (χ0) is 20.2.